The van der Waals surface area contributed by atoms with Crippen LogP contribution in [-0.2, 0) is 0 Å². The van der Waals surface area contributed by atoms with Crippen molar-refractivity contribution in [3.05, 3.63) is 59.9 Å². The van der Waals surface area contributed by atoms with Crippen LogP contribution in [0.25, 0.3) is 11.3 Å². The summed E-state index contributed by atoms with van der Waals surface area (Å²) < 4.78 is 55.5. The lowest BCUT2D eigenvalue weighted by molar-refractivity contribution is -0.274. The fourth-order valence-electron chi connectivity index (χ4n) is 2.69. The van der Waals surface area contributed by atoms with Crippen LogP contribution in [0.3, 0.4) is 0 Å². The molecule has 0 unspecified atom stereocenters. The van der Waals surface area contributed by atoms with Crippen LogP contribution in [-0.4, -0.2) is 34.6 Å². The predicted molar refractivity (Wildman–Crippen MR) is 109 cm³/mol. The molecule has 1 aromatic heterocycles. The Morgan fingerprint density at radius 1 is 1.06 bits per heavy atom. The Labute approximate surface area is 175 Å². The third-order valence-electron chi connectivity index (χ3n) is 4.15. The topological polar surface area (TPSA) is 79.3 Å². The molecule has 0 aliphatic rings. The van der Waals surface area contributed by atoms with Gasteiger partial charge in [-0.15, -0.1) is 13.2 Å². The molecule has 0 radical (unpaired) electrons. The number of aliphatic hydroxyl groups excluding tert-OH is 1. The van der Waals surface area contributed by atoms with Gasteiger partial charge in [-0.2, -0.15) is 4.98 Å². The van der Waals surface area contributed by atoms with Gasteiger partial charge in [0, 0.05) is 30.5 Å². The number of nitrogens with zero attached hydrogens (tertiary/aromatic N) is 2. The van der Waals surface area contributed by atoms with E-state index in [4.69, 9.17) is 5.11 Å². The maximum atomic E-state index is 13.9. The number of alkyl halides is 3. The summed E-state index contributed by atoms with van der Waals surface area (Å²) in [5, 5.41) is 14.9. The van der Waals surface area contributed by atoms with Gasteiger partial charge < -0.3 is 20.5 Å². The summed E-state index contributed by atoms with van der Waals surface area (Å²) in [4.78, 5) is 8.64. The number of aliphatic hydroxyl groups is 1. The minimum atomic E-state index is -4.82. The molecule has 0 bridgehead atoms. The molecule has 0 saturated heterocycles. The number of benzene rings is 2. The van der Waals surface area contributed by atoms with Crippen molar-refractivity contribution in [2.75, 3.05) is 23.8 Å². The highest BCUT2D eigenvalue weighted by Gasteiger charge is 2.31. The lowest BCUT2D eigenvalue weighted by Crippen LogP contribution is -2.17. The van der Waals surface area contributed by atoms with Gasteiger partial charge >= 0.3 is 6.36 Å². The highest BCUT2D eigenvalue weighted by molar-refractivity contribution is 5.68. The van der Waals surface area contributed by atoms with Crippen molar-refractivity contribution < 1.29 is 27.4 Å². The van der Waals surface area contributed by atoms with Crippen molar-refractivity contribution in [2.24, 2.45) is 0 Å². The zero-order valence-electron chi connectivity index (χ0n) is 16.5. The summed E-state index contributed by atoms with van der Waals surface area (Å²) >= 11 is 0. The van der Waals surface area contributed by atoms with Crippen LogP contribution in [0.4, 0.5) is 35.0 Å². The lowest BCUT2D eigenvalue weighted by Gasteiger charge is -2.13. The number of aryl methyl sites for hydroxylation is 1. The molecule has 164 valence electrons. The van der Waals surface area contributed by atoms with Gasteiger partial charge in [0.1, 0.15) is 17.4 Å². The number of aromatic nitrogens is 2. The van der Waals surface area contributed by atoms with Gasteiger partial charge in [-0.1, -0.05) is 18.2 Å². The monoisotopic (exact) mass is 436 g/mol. The van der Waals surface area contributed by atoms with Gasteiger partial charge in [0.2, 0.25) is 5.95 Å². The van der Waals surface area contributed by atoms with Crippen LogP contribution in [0, 0.1) is 12.7 Å². The van der Waals surface area contributed by atoms with Crippen LogP contribution in [0.2, 0.25) is 0 Å². The zero-order valence-corrected chi connectivity index (χ0v) is 16.5. The number of nitrogens with one attached hydrogen (secondary N) is 2. The number of hydrogen-bond acceptors (Lipinski definition) is 6. The van der Waals surface area contributed by atoms with Gasteiger partial charge in [-0.3, -0.25) is 0 Å². The quantitative estimate of drug-likeness (QED) is 0.340. The highest BCUT2D eigenvalue weighted by Crippen LogP contribution is 2.29. The maximum Gasteiger partial charge on any atom is 0.573 e. The Kier molecular flexibility index (Phi) is 6.91. The fraction of sp³-hybridized carbons (Fsp3) is 0.238. The minimum Gasteiger partial charge on any atom is -0.406 e. The number of anilines is 3. The summed E-state index contributed by atoms with van der Waals surface area (Å²) in [5.74, 6) is -0.267. The van der Waals surface area contributed by atoms with Crippen LogP contribution < -0.4 is 15.4 Å². The van der Waals surface area contributed by atoms with Gasteiger partial charge in [-0.05, 0) is 43.2 Å². The summed E-state index contributed by atoms with van der Waals surface area (Å²) in [7, 11) is 0. The van der Waals surface area contributed by atoms with Crippen LogP contribution >= 0.6 is 0 Å². The second-order valence-electron chi connectivity index (χ2n) is 6.63. The number of hydrogen-bond donors (Lipinski definition) is 3. The summed E-state index contributed by atoms with van der Waals surface area (Å²) in [6.45, 7) is 1.99. The second kappa shape index (κ2) is 9.61. The van der Waals surface area contributed by atoms with Gasteiger partial charge in [0.15, 0.2) is 0 Å². The van der Waals surface area contributed by atoms with Crippen LogP contribution in [0.1, 0.15) is 12.0 Å². The van der Waals surface area contributed by atoms with E-state index in [2.05, 4.69) is 25.3 Å². The molecule has 0 saturated carbocycles. The molecule has 3 aromatic rings. The van der Waals surface area contributed by atoms with E-state index in [1.807, 2.05) is 0 Å². The van der Waals surface area contributed by atoms with E-state index in [9.17, 15) is 17.6 Å². The molecule has 0 fully saturated rings. The third kappa shape index (κ3) is 6.54. The molecule has 0 atom stereocenters. The van der Waals surface area contributed by atoms with Gasteiger partial charge in [-0.25, -0.2) is 9.37 Å². The van der Waals surface area contributed by atoms with E-state index < -0.39 is 12.2 Å². The number of ether oxygens (including phenoxy) is 1. The second-order valence-corrected chi connectivity index (χ2v) is 6.63. The van der Waals surface area contributed by atoms with E-state index in [0.29, 0.717) is 41.3 Å². The van der Waals surface area contributed by atoms with Crippen molar-refractivity contribution in [1.82, 2.24) is 9.97 Å². The molecule has 0 spiro atoms. The highest BCUT2D eigenvalue weighted by atomic mass is 19.4. The van der Waals surface area contributed by atoms with E-state index in [1.54, 1.807) is 25.1 Å². The molecule has 0 amide bonds. The van der Waals surface area contributed by atoms with Crippen LogP contribution in [0.15, 0.2) is 48.5 Å². The van der Waals surface area contributed by atoms with Crippen molar-refractivity contribution in [3.8, 4) is 17.0 Å². The van der Waals surface area contributed by atoms with Gasteiger partial charge in [0.05, 0.1) is 5.69 Å². The van der Waals surface area contributed by atoms with Crippen molar-refractivity contribution in [2.45, 2.75) is 19.7 Å². The summed E-state index contributed by atoms with van der Waals surface area (Å²) in [6.07, 6.45) is -4.36. The predicted octanol–water partition coefficient (Wildman–Crippen LogP) is 5.03. The zero-order chi connectivity index (χ0) is 22.4. The van der Waals surface area contributed by atoms with Gasteiger partial charge in [0.25, 0.3) is 0 Å². The Morgan fingerprint density at radius 2 is 1.87 bits per heavy atom. The Morgan fingerprint density at radius 3 is 2.58 bits per heavy atom. The first-order valence-electron chi connectivity index (χ1n) is 9.37. The molecule has 1 heterocycles. The normalized spacial score (nSPS) is 11.3. The van der Waals surface area contributed by atoms with Crippen molar-refractivity contribution in [3.63, 3.8) is 0 Å². The summed E-state index contributed by atoms with van der Waals surface area (Å²) in [5.41, 5.74) is 1.63. The Hall–Kier alpha value is -3.40. The Bertz CT molecular complexity index is 1040. The largest absolute Gasteiger partial charge is 0.573 e. The first kappa shape index (κ1) is 22.3. The molecule has 2 aromatic carbocycles. The number of halogens is 4. The summed E-state index contributed by atoms with van der Waals surface area (Å²) in [6, 6.07) is 11.5. The van der Waals surface area contributed by atoms with E-state index in [0.717, 1.165) is 0 Å². The van der Waals surface area contributed by atoms with Crippen molar-refractivity contribution in [1.29, 1.82) is 0 Å². The molecule has 31 heavy (non-hydrogen) atoms. The molecule has 10 heteroatoms. The average molecular weight is 436 g/mol. The fourth-order valence-corrected chi connectivity index (χ4v) is 2.69. The Balaban J connectivity index is 1.95. The SMILES string of the molecule is Cc1ccc(Nc2cc(-c3cccc(OC(F)(F)F)c3)nc(NCCCO)n2)cc1F. The molecule has 0 aliphatic heterocycles. The van der Waals surface area contributed by atoms with Crippen LogP contribution in [0.5, 0.6) is 5.75 Å². The van der Waals surface area contributed by atoms with E-state index in [-0.39, 0.29) is 18.3 Å². The minimum absolute atomic E-state index is 0.0305. The lowest BCUT2D eigenvalue weighted by atomic mass is 10.1. The first-order chi connectivity index (χ1) is 14.7. The molecule has 6 nitrogen and oxygen atoms in total. The third-order valence-corrected chi connectivity index (χ3v) is 4.15. The number of rotatable bonds is 8. The van der Waals surface area contributed by atoms with E-state index in [1.165, 1.54) is 30.3 Å². The first-order valence-corrected chi connectivity index (χ1v) is 9.37. The molecule has 3 N–H and O–H groups in total. The molecular formula is C21H20F4N4O2. The molecule has 3 rings (SSSR count). The van der Waals surface area contributed by atoms with Crippen molar-refractivity contribution >= 4 is 17.5 Å². The molecular weight excluding hydrogens is 416 g/mol. The maximum absolute atomic E-state index is 13.9. The smallest absolute Gasteiger partial charge is 0.406 e. The molecule has 0 aliphatic carbocycles. The standard InChI is InChI=1S/C21H20F4N4O2/c1-13-6-7-15(11-17(13)22)27-19-12-18(28-20(29-19)26-8-3-9-30)14-4-2-5-16(10-14)31-21(23,24)25/h2,4-7,10-12,30H,3,8-9H2,1H3,(H2,26,27,28,29). The average Bonchev–Trinajstić information content (AvgIpc) is 2.70. The van der Waals surface area contributed by atoms with E-state index >= 15 is 0 Å².